The molecule has 3 aliphatic heterocycles. The number of rotatable bonds is 31. The van der Waals surface area contributed by atoms with Crippen molar-refractivity contribution >= 4 is 44.9 Å². The number of halogens is 9. The Balaban J connectivity index is 0.000000289. The van der Waals surface area contributed by atoms with E-state index in [0.29, 0.717) is 82.9 Å². The summed E-state index contributed by atoms with van der Waals surface area (Å²) in [5.41, 5.74) is -2.30. The molecule has 7 unspecified atom stereocenters. The first-order valence-corrected chi connectivity index (χ1v) is 41.4. The topological polar surface area (TPSA) is 261 Å². The largest absolute Gasteiger partial charge is 0.743 e. The molecule has 3 aromatic carbocycles. The van der Waals surface area contributed by atoms with Gasteiger partial charge in [0.05, 0.1) is 77.8 Å². The quantitative estimate of drug-likeness (QED) is 0.0115. The number of alkyl halides is 9. The predicted molar refractivity (Wildman–Crippen MR) is 416 cm³/mol. The second-order valence-corrected chi connectivity index (χ2v) is 36.3. The van der Waals surface area contributed by atoms with Gasteiger partial charge in [-0.05, 0) is 210 Å². The number of benzene rings is 3. The van der Waals surface area contributed by atoms with E-state index in [0.717, 1.165) is 76.4 Å². The highest BCUT2D eigenvalue weighted by atomic mass is 32.2. The number of methoxy groups -OCH3 is 2. The van der Waals surface area contributed by atoms with Gasteiger partial charge in [0.1, 0.15) is 30.9 Å². The van der Waals surface area contributed by atoms with Gasteiger partial charge in [-0.25, -0.2) is 8.42 Å². The minimum absolute atomic E-state index is 0. The van der Waals surface area contributed by atoms with Crippen LogP contribution in [0.5, 0.6) is 0 Å². The van der Waals surface area contributed by atoms with Crippen LogP contribution in [0.2, 0.25) is 0 Å². The summed E-state index contributed by atoms with van der Waals surface area (Å²) in [6.07, 6.45) is 7.95. The minimum Gasteiger partial charge on any atom is -0.743 e. The second-order valence-electron chi connectivity index (χ2n) is 32.9. The van der Waals surface area contributed by atoms with Crippen LogP contribution in [0, 0.1) is 57.7 Å². The lowest BCUT2D eigenvalue weighted by Gasteiger charge is -2.60. The van der Waals surface area contributed by atoms with Gasteiger partial charge in [-0.2, -0.15) is 39.5 Å². The molecule has 3 saturated heterocycles. The van der Waals surface area contributed by atoms with Gasteiger partial charge >= 0.3 is 47.2 Å². The Morgan fingerprint density at radius 1 is 0.565 bits per heavy atom. The molecule has 11 fully saturated rings. The van der Waals surface area contributed by atoms with Crippen molar-refractivity contribution in [3.05, 3.63) is 91.0 Å². The van der Waals surface area contributed by atoms with Crippen molar-refractivity contribution in [2.24, 2.45) is 57.7 Å². The zero-order chi connectivity index (χ0) is 83.1. The number of nitrogens with zero attached hydrogens (tertiary/aromatic N) is 1. The highest BCUT2D eigenvalue weighted by Gasteiger charge is 2.84. The maximum Gasteiger partial charge on any atom is 0.460 e. The molecule has 8 saturated carbocycles. The number of ether oxygens (including phenoxy) is 10. The van der Waals surface area contributed by atoms with Crippen LogP contribution in [0.4, 0.5) is 39.5 Å². The number of aliphatic hydroxyl groups excluding tert-OH is 1. The SMILES string of the molecule is C.C.C.CCC(C)(C)C(=O)OC1(CC)C2CC3CC(C2)CC1C3.CCC(C)(C)C(=O)OC12CC3CC(CC(O)(C3)C1)C2.CCC(C)(C)C(=O)OC1C2CC3C(=O)OC1C3O2.COCOCCN(CCOCCO)CCOCOC.O=S(=O)([O-])C(F)(F)C(F)(F)C(F)(F)C(F)(F)F.c1ccc([S+](c2ccccc2)c2ccccc2)cc1. The molecule has 0 aromatic heterocycles. The number of carbonyl (C=O) groups excluding carboxylic acids is 4. The van der Waals surface area contributed by atoms with E-state index in [1.54, 1.807) is 14.2 Å². The fourth-order valence-corrected chi connectivity index (χ4v) is 19.3. The molecule has 0 spiro atoms. The van der Waals surface area contributed by atoms with Gasteiger partial charge in [0.25, 0.3) is 0 Å². The van der Waals surface area contributed by atoms with Gasteiger partial charge in [0.2, 0.25) is 0 Å². The molecule has 115 heavy (non-hydrogen) atoms. The van der Waals surface area contributed by atoms with E-state index in [2.05, 4.69) is 110 Å². The standard InChI is InChI=1S/C18H30O2.C18H15S.C16H26O3.C13H18O5.C12H27NO6.C4HF9O3S.3CH4/c1-5-17(3,4)16(19)20-18(6-2)14-8-12-7-13(10-14)11-15(18)9-12;1-4-10-16(11-5-1)19(17-12-6-2-7-13-17)18-14-8-3-9-15-18;1-4-14(2,3)13(17)19-16-8-11-5-12(9-16)7-15(18,6-11)10-16;1-4-13(2,3)12(15)18-9-7-5-6-8(16-7)10(9)17-11(6)14;1-15-11-18-8-4-13(3-7-17-10-6-14)5-9-19-12-16-2;5-1(6,3(9,10)11)2(7,8)4(12,13)17(14,15)16;;;/h12-15H,5-11H2,1-4H3;1-15H;11-12,18H,4-10H2,1-3H3;6-10H,4-5H2,1-3H3;14H,3-12H2,1-2H3;(H,14,15,16);3*1H4/q;+1;;;;;;;/p-1. The number of hydrogen-bond donors (Lipinski definition) is 2. The summed E-state index contributed by atoms with van der Waals surface area (Å²) in [5.74, 6) is -11.2. The summed E-state index contributed by atoms with van der Waals surface area (Å²) in [4.78, 5) is 54.9. The summed E-state index contributed by atoms with van der Waals surface area (Å²) in [7, 11) is -4.24. The maximum atomic E-state index is 12.6. The molecule has 2 N–H and O–H groups in total. The average molecular weight is 1690 g/mol. The highest BCUT2D eigenvalue weighted by Crippen LogP contribution is 2.62. The van der Waals surface area contributed by atoms with Crippen LogP contribution in [0.15, 0.2) is 106 Å². The van der Waals surface area contributed by atoms with E-state index >= 15 is 0 Å². The molecule has 11 aliphatic rings. The first kappa shape index (κ1) is 102. The Hall–Kier alpha value is -5.19. The number of carbonyl (C=O) groups is 4. The summed E-state index contributed by atoms with van der Waals surface area (Å²) in [6, 6.07) is 32.2. The lowest BCUT2D eigenvalue weighted by atomic mass is 9.49. The smallest absolute Gasteiger partial charge is 0.460 e. The third-order valence-electron chi connectivity index (χ3n) is 23.6. The predicted octanol–water partition coefficient (Wildman–Crippen LogP) is 16.9. The third kappa shape index (κ3) is 25.0. The van der Waals surface area contributed by atoms with E-state index in [9.17, 15) is 76.8 Å². The Bertz CT molecular complexity index is 3420. The average Bonchev–Trinajstić information content (AvgIpc) is 1.65. The number of hydrogen-bond acceptors (Lipinski definition) is 20. The number of aliphatic hydroxyl groups is 2. The Morgan fingerprint density at radius 3 is 1.36 bits per heavy atom. The molecule has 0 amide bonds. The second kappa shape index (κ2) is 42.8. The fourth-order valence-electron chi connectivity index (χ4n) is 16.8. The molecule has 3 heterocycles. The summed E-state index contributed by atoms with van der Waals surface area (Å²) in [6.45, 7) is 25.1. The van der Waals surface area contributed by atoms with Crippen LogP contribution in [0.25, 0.3) is 0 Å². The fraction of sp³-hybridized carbons (Fsp3) is 0.738. The first-order chi connectivity index (χ1) is 52.4. The van der Waals surface area contributed by atoms with Crippen LogP contribution in [0.1, 0.15) is 194 Å². The Morgan fingerprint density at radius 2 is 0.974 bits per heavy atom. The van der Waals surface area contributed by atoms with Crippen molar-refractivity contribution in [3.8, 4) is 0 Å². The van der Waals surface area contributed by atoms with E-state index in [4.69, 9.17) is 52.5 Å². The van der Waals surface area contributed by atoms with E-state index in [1.165, 1.54) is 53.2 Å². The van der Waals surface area contributed by atoms with Crippen molar-refractivity contribution in [1.29, 1.82) is 0 Å². The van der Waals surface area contributed by atoms with Crippen LogP contribution >= 0.6 is 0 Å². The molecule has 658 valence electrons. The molecule has 20 nitrogen and oxygen atoms in total. The molecule has 10 bridgehead atoms. The van der Waals surface area contributed by atoms with Crippen molar-refractivity contribution in [3.63, 3.8) is 0 Å². The summed E-state index contributed by atoms with van der Waals surface area (Å²) < 4.78 is 190. The lowest BCUT2D eigenvalue weighted by Crippen LogP contribution is -2.63. The molecule has 14 rings (SSSR count). The van der Waals surface area contributed by atoms with Gasteiger partial charge in [-0.1, -0.05) is 105 Å². The van der Waals surface area contributed by atoms with Gasteiger partial charge in [-0.3, -0.25) is 24.1 Å². The number of esters is 4. The van der Waals surface area contributed by atoms with Gasteiger partial charge in [0.15, 0.2) is 37.0 Å². The zero-order valence-corrected chi connectivity index (χ0v) is 68.0. The minimum atomic E-state index is -7.43. The van der Waals surface area contributed by atoms with Crippen LogP contribution in [-0.4, -0.2) is 197 Å². The van der Waals surface area contributed by atoms with Crippen LogP contribution in [-0.2, 0) is 87.6 Å². The van der Waals surface area contributed by atoms with Gasteiger partial charge in [0, 0.05) is 40.3 Å². The van der Waals surface area contributed by atoms with Crippen molar-refractivity contribution in [2.75, 3.05) is 80.5 Å². The molecular formula is C84H128F9NO19S2. The lowest BCUT2D eigenvalue weighted by molar-refractivity contribution is -0.382. The number of fused-ring (bicyclic) bond motifs is 1. The first-order valence-electron chi connectivity index (χ1n) is 38.8. The molecular weight excluding hydrogens is 1560 g/mol. The van der Waals surface area contributed by atoms with Crippen LogP contribution < -0.4 is 0 Å². The molecule has 3 aromatic rings. The molecule has 0 radical (unpaired) electrons. The molecule has 7 atom stereocenters. The Labute approximate surface area is 678 Å². The normalized spacial score (nSPS) is 27.2. The summed E-state index contributed by atoms with van der Waals surface area (Å²) >= 11 is 0. The third-order valence-corrected chi connectivity index (χ3v) is 26.8. The maximum absolute atomic E-state index is 12.6. The van der Waals surface area contributed by atoms with Crippen LogP contribution in [0.3, 0.4) is 0 Å². The zero-order valence-electron chi connectivity index (χ0n) is 66.4. The van der Waals surface area contributed by atoms with Gasteiger partial charge < -0.3 is 62.1 Å². The van der Waals surface area contributed by atoms with E-state index < -0.39 is 62.0 Å². The summed E-state index contributed by atoms with van der Waals surface area (Å²) in [5, 5.41) is 12.2. The highest BCUT2D eigenvalue weighted by molar-refractivity contribution is 7.97. The van der Waals surface area contributed by atoms with E-state index in [1.807, 2.05) is 55.4 Å². The molecule has 8 aliphatic carbocycles. The Kier molecular flexibility index (Phi) is 38.1. The van der Waals surface area contributed by atoms with E-state index in [-0.39, 0.29) is 98.4 Å². The van der Waals surface area contributed by atoms with Crippen molar-refractivity contribution in [1.82, 2.24) is 4.90 Å². The van der Waals surface area contributed by atoms with Crippen molar-refractivity contribution < 1.29 is 129 Å². The van der Waals surface area contributed by atoms with Crippen molar-refractivity contribution in [2.45, 2.75) is 273 Å². The molecule has 31 heteroatoms. The monoisotopic (exact) mass is 1690 g/mol. The van der Waals surface area contributed by atoms with Gasteiger partial charge in [-0.15, -0.1) is 0 Å².